The minimum Gasteiger partial charge on any atom is -0.495 e. The van der Waals surface area contributed by atoms with Crippen LogP contribution in [0.25, 0.3) is 0 Å². The number of Topliss-reactive ketones (excluding diaryl/α,β-unsaturated/α-hetero) is 1. The van der Waals surface area contributed by atoms with Crippen molar-refractivity contribution in [2.75, 3.05) is 20.3 Å². The number of carbonyl (C=O) groups excluding carboxylic acids is 1. The SMILES string of the molecule is COc1ccc(C(=O)Cc2ccc3c(c2)C2(COC(N)=N2)C2(CC2)CO3)nc1. The fourth-order valence-corrected chi connectivity index (χ4v) is 4.25. The van der Waals surface area contributed by atoms with Crippen molar-refractivity contribution < 1.29 is 19.0 Å². The number of ether oxygens (including phenoxy) is 3. The third-order valence-corrected chi connectivity index (χ3v) is 6.08. The van der Waals surface area contributed by atoms with Crippen molar-refractivity contribution >= 4 is 11.8 Å². The highest BCUT2D eigenvalue weighted by Crippen LogP contribution is 2.65. The van der Waals surface area contributed by atoms with Crippen molar-refractivity contribution in [2.45, 2.75) is 24.8 Å². The Morgan fingerprint density at radius 2 is 2.07 bits per heavy atom. The summed E-state index contributed by atoms with van der Waals surface area (Å²) in [6, 6.07) is 9.49. The lowest BCUT2D eigenvalue weighted by Crippen LogP contribution is -2.44. The number of amidine groups is 1. The van der Waals surface area contributed by atoms with Crippen LogP contribution in [0.2, 0.25) is 0 Å². The van der Waals surface area contributed by atoms with Crippen LogP contribution in [0.4, 0.5) is 0 Å². The van der Waals surface area contributed by atoms with E-state index in [0.717, 1.165) is 29.7 Å². The summed E-state index contributed by atoms with van der Waals surface area (Å²) in [4.78, 5) is 21.6. The summed E-state index contributed by atoms with van der Waals surface area (Å²) < 4.78 is 16.7. The Balaban J connectivity index is 1.47. The third-order valence-electron chi connectivity index (χ3n) is 6.08. The standard InChI is InChI=1S/C21H21N3O4/c1-26-14-3-4-16(23-10-14)17(25)9-13-2-5-18-15(8-13)21(12-28-19(22)24-21)20(6-7-20)11-27-18/h2-5,8,10H,6-7,9,11-12H2,1H3,(H2,22,24). The number of nitrogens with two attached hydrogens (primary N) is 1. The summed E-state index contributed by atoms with van der Waals surface area (Å²) in [5.74, 6) is 1.36. The lowest BCUT2D eigenvalue weighted by molar-refractivity contribution is 0.0869. The maximum absolute atomic E-state index is 12.7. The summed E-state index contributed by atoms with van der Waals surface area (Å²) in [7, 11) is 1.57. The first-order chi connectivity index (χ1) is 13.6. The van der Waals surface area contributed by atoms with E-state index in [-0.39, 0.29) is 23.6 Å². The zero-order valence-corrected chi connectivity index (χ0v) is 15.6. The molecule has 0 amide bonds. The number of pyridine rings is 1. The molecule has 5 rings (SSSR count). The normalized spacial score (nSPS) is 23.5. The number of nitrogens with zero attached hydrogens (tertiary/aromatic N) is 2. The molecule has 144 valence electrons. The van der Waals surface area contributed by atoms with Crippen LogP contribution in [-0.4, -0.2) is 37.1 Å². The Kier molecular flexibility index (Phi) is 3.62. The molecule has 1 unspecified atom stereocenters. The molecule has 1 aliphatic carbocycles. The van der Waals surface area contributed by atoms with Crippen LogP contribution >= 0.6 is 0 Å². The van der Waals surface area contributed by atoms with Crippen LogP contribution < -0.4 is 15.2 Å². The minimum absolute atomic E-state index is 0.0543. The van der Waals surface area contributed by atoms with E-state index in [0.29, 0.717) is 24.7 Å². The van der Waals surface area contributed by atoms with Crippen molar-refractivity contribution in [3.63, 3.8) is 0 Å². The van der Waals surface area contributed by atoms with Crippen molar-refractivity contribution in [3.05, 3.63) is 53.3 Å². The van der Waals surface area contributed by atoms with Gasteiger partial charge in [0.25, 0.3) is 6.02 Å². The molecule has 1 aromatic heterocycles. The van der Waals surface area contributed by atoms with E-state index in [1.807, 2.05) is 18.2 Å². The maximum atomic E-state index is 12.7. The molecule has 1 saturated carbocycles. The van der Waals surface area contributed by atoms with Gasteiger partial charge in [-0.15, -0.1) is 0 Å². The number of carbonyl (C=O) groups is 1. The van der Waals surface area contributed by atoms with E-state index >= 15 is 0 Å². The second kappa shape index (κ2) is 5.95. The maximum Gasteiger partial charge on any atom is 0.283 e. The van der Waals surface area contributed by atoms with E-state index < -0.39 is 5.54 Å². The fourth-order valence-electron chi connectivity index (χ4n) is 4.25. The Bertz CT molecular complexity index is 982. The molecule has 2 aromatic rings. The summed E-state index contributed by atoms with van der Waals surface area (Å²) in [6.45, 7) is 1.04. The average molecular weight is 379 g/mol. The predicted molar refractivity (Wildman–Crippen MR) is 102 cm³/mol. The predicted octanol–water partition coefficient (Wildman–Crippen LogP) is 2.23. The topological polar surface area (TPSA) is 96.0 Å². The first-order valence-electron chi connectivity index (χ1n) is 9.33. The van der Waals surface area contributed by atoms with Crippen LogP contribution in [0.5, 0.6) is 11.5 Å². The molecule has 1 atom stereocenters. The smallest absolute Gasteiger partial charge is 0.283 e. The highest BCUT2D eigenvalue weighted by Gasteiger charge is 2.66. The lowest BCUT2D eigenvalue weighted by Gasteiger charge is -2.39. The Morgan fingerprint density at radius 3 is 2.71 bits per heavy atom. The molecule has 2 spiro atoms. The number of aliphatic imine (C=N–C) groups is 1. The van der Waals surface area contributed by atoms with E-state index in [9.17, 15) is 4.79 Å². The molecule has 1 fully saturated rings. The van der Waals surface area contributed by atoms with Crippen molar-refractivity contribution in [1.29, 1.82) is 0 Å². The van der Waals surface area contributed by atoms with Gasteiger partial charge >= 0.3 is 0 Å². The van der Waals surface area contributed by atoms with Gasteiger partial charge in [0, 0.05) is 17.4 Å². The van der Waals surface area contributed by atoms with Crippen molar-refractivity contribution in [2.24, 2.45) is 16.1 Å². The van der Waals surface area contributed by atoms with E-state index in [1.165, 1.54) is 0 Å². The van der Waals surface area contributed by atoms with Gasteiger partial charge in [-0.05, 0) is 42.7 Å². The first-order valence-corrected chi connectivity index (χ1v) is 9.33. The van der Waals surface area contributed by atoms with E-state index in [1.54, 1.807) is 25.4 Å². The lowest BCUT2D eigenvalue weighted by atomic mass is 9.74. The molecule has 28 heavy (non-hydrogen) atoms. The molecule has 7 nitrogen and oxygen atoms in total. The number of aromatic nitrogens is 1. The van der Waals surface area contributed by atoms with Gasteiger partial charge in [0.05, 0.1) is 19.9 Å². The summed E-state index contributed by atoms with van der Waals surface area (Å²) >= 11 is 0. The number of benzene rings is 1. The Morgan fingerprint density at radius 1 is 1.21 bits per heavy atom. The monoisotopic (exact) mass is 379 g/mol. The van der Waals surface area contributed by atoms with Crippen LogP contribution in [0.1, 0.15) is 34.5 Å². The molecular formula is C21H21N3O4. The number of methoxy groups -OCH3 is 1. The summed E-state index contributed by atoms with van der Waals surface area (Å²) in [6.07, 6.45) is 3.86. The molecule has 7 heteroatoms. The van der Waals surface area contributed by atoms with E-state index in [2.05, 4.69) is 4.98 Å². The van der Waals surface area contributed by atoms with Gasteiger partial charge in [-0.1, -0.05) is 6.07 Å². The molecule has 3 heterocycles. The van der Waals surface area contributed by atoms with Crippen LogP contribution in [0, 0.1) is 5.41 Å². The molecule has 3 aliphatic rings. The second-order valence-electron chi connectivity index (χ2n) is 7.68. The van der Waals surface area contributed by atoms with E-state index in [4.69, 9.17) is 24.9 Å². The molecule has 0 saturated heterocycles. The molecule has 2 N–H and O–H groups in total. The zero-order chi connectivity index (χ0) is 19.4. The van der Waals surface area contributed by atoms with Crippen LogP contribution in [-0.2, 0) is 16.7 Å². The quantitative estimate of drug-likeness (QED) is 0.819. The Hall–Kier alpha value is -3.09. The zero-order valence-electron chi connectivity index (χ0n) is 15.6. The van der Waals surface area contributed by atoms with Crippen LogP contribution in [0.3, 0.4) is 0 Å². The van der Waals surface area contributed by atoms with Gasteiger partial charge in [-0.25, -0.2) is 9.98 Å². The molecule has 2 aliphatic heterocycles. The Labute approximate surface area is 162 Å². The van der Waals surface area contributed by atoms with Crippen LogP contribution in [0.15, 0.2) is 41.5 Å². The van der Waals surface area contributed by atoms with Gasteiger partial charge in [0.15, 0.2) is 5.78 Å². The largest absolute Gasteiger partial charge is 0.495 e. The third kappa shape index (κ3) is 2.46. The summed E-state index contributed by atoms with van der Waals surface area (Å²) in [5, 5.41) is 0. The first kappa shape index (κ1) is 17.0. The molecule has 0 radical (unpaired) electrons. The number of rotatable bonds is 4. The summed E-state index contributed by atoms with van der Waals surface area (Å²) in [5.41, 5.74) is 7.58. The van der Waals surface area contributed by atoms with Crippen molar-refractivity contribution in [1.82, 2.24) is 4.98 Å². The van der Waals surface area contributed by atoms with Gasteiger partial charge in [-0.3, -0.25) is 4.79 Å². The fraction of sp³-hybridized carbons (Fsp3) is 0.381. The number of hydrogen-bond donors (Lipinski definition) is 1. The number of fused-ring (bicyclic) bond motifs is 3. The van der Waals surface area contributed by atoms with Gasteiger partial charge < -0.3 is 19.9 Å². The highest BCUT2D eigenvalue weighted by atomic mass is 16.5. The molecule has 1 aromatic carbocycles. The number of ketones is 1. The molecular weight excluding hydrogens is 358 g/mol. The number of hydrogen-bond acceptors (Lipinski definition) is 7. The van der Waals surface area contributed by atoms with Gasteiger partial charge in [0.1, 0.15) is 29.3 Å². The molecule has 0 bridgehead atoms. The van der Waals surface area contributed by atoms with Gasteiger partial charge in [-0.2, -0.15) is 0 Å². The highest BCUT2D eigenvalue weighted by molar-refractivity contribution is 5.95. The van der Waals surface area contributed by atoms with Gasteiger partial charge in [0.2, 0.25) is 0 Å². The second-order valence-corrected chi connectivity index (χ2v) is 7.68. The van der Waals surface area contributed by atoms with Crippen molar-refractivity contribution in [3.8, 4) is 11.5 Å². The average Bonchev–Trinajstić information content (AvgIpc) is 3.41. The minimum atomic E-state index is -0.512.